The Balaban J connectivity index is 1.87. The summed E-state index contributed by atoms with van der Waals surface area (Å²) in [6.45, 7) is 1.66. The van der Waals surface area contributed by atoms with Gasteiger partial charge in [0.2, 0.25) is 5.91 Å². The highest BCUT2D eigenvalue weighted by atomic mass is 35.5. The van der Waals surface area contributed by atoms with Gasteiger partial charge in [0.05, 0.1) is 10.7 Å². The van der Waals surface area contributed by atoms with Crippen LogP contribution in [0.25, 0.3) is 0 Å². The first-order valence-electron chi connectivity index (χ1n) is 6.83. The zero-order valence-electron chi connectivity index (χ0n) is 12.4. The van der Waals surface area contributed by atoms with Crippen molar-refractivity contribution in [3.05, 3.63) is 68.7 Å². The van der Waals surface area contributed by atoms with Gasteiger partial charge >= 0.3 is 0 Å². The van der Waals surface area contributed by atoms with Crippen molar-refractivity contribution in [2.75, 3.05) is 11.1 Å². The first-order chi connectivity index (χ1) is 11.0. The summed E-state index contributed by atoms with van der Waals surface area (Å²) < 4.78 is 0. The molecule has 2 rings (SSSR count). The molecule has 0 aliphatic rings. The smallest absolute Gasteiger partial charge is 0.274 e. The summed E-state index contributed by atoms with van der Waals surface area (Å²) in [5.74, 6) is 0.728. The molecule has 0 spiro atoms. The van der Waals surface area contributed by atoms with E-state index in [-0.39, 0.29) is 17.3 Å². The number of benzene rings is 2. The van der Waals surface area contributed by atoms with Crippen LogP contribution in [-0.4, -0.2) is 16.6 Å². The van der Waals surface area contributed by atoms with Crippen molar-refractivity contribution in [1.29, 1.82) is 0 Å². The fourth-order valence-electron chi connectivity index (χ4n) is 1.97. The lowest BCUT2D eigenvalue weighted by atomic mass is 10.2. The molecule has 1 amide bonds. The van der Waals surface area contributed by atoms with Gasteiger partial charge < -0.3 is 5.32 Å². The number of carbonyl (C=O) groups excluding carboxylic acids is 1. The molecular weight excluding hydrogens is 336 g/mol. The summed E-state index contributed by atoms with van der Waals surface area (Å²) in [5, 5.41) is 14.2. The van der Waals surface area contributed by atoms with Gasteiger partial charge in [0, 0.05) is 28.1 Å². The number of rotatable bonds is 6. The maximum Gasteiger partial charge on any atom is 0.274 e. The number of anilines is 1. The zero-order chi connectivity index (χ0) is 16.8. The Morgan fingerprint density at radius 2 is 2.09 bits per heavy atom. The number of nitrogens with one attached hydrogen (secondary N) is 1. The number of nitrogens with zero attached hydrogens (tertiary/aromatic N) is 1. The molecule has 0 atom stereocenters. The molecule has 2 aromatic rings. The molecule has 1 N–H and O–H groups in total. The summed E-state index contributed by atoms with van der Waals surface area (Å²) in [5.41, 5.74) is 2.02. The van der Waals surface area contributed by atoms with Gasteiger partial charge in [-0.2, -0.15) is 0 Å². The first-order valence-corrected chi connectivity index (χ1v) is 8.36. The normalized spacial score (nSPS) is 10.3. The van der Waals surface area contributed by atoms with Crippen LogP contribution in [0.5, 0.6) is 0 Å². The summed E-state index contributed by atoms with van der Waals surface area (Å²) in [6, 6.07) is 12.1. The molecule has 120 valence electrons. The minimum absolute atomic E-state index is 0.00520. The number of thioether (sulfide) groups is 1. The Morgan fingerprint density at radius 3 is 2.78 bits per heavy atom. The molecule has 0 aromatic heterocycles. The SMILES string of the molecule is Cc1ccc(NC(=O)CSCc2cccc(Cl)c2)cc1[N+](=O)[O-]. The lowest BCUT2D eigenvalue weighted by molar-refractivity contribution is -0.385. The third-order valence-corrected chi connectivity index (χ3v) is 4.32. The Kier molecular flexibility index (Phi) is 6.01. The number of hydrogen-bond donors (Lipinski definition) is 1. The molecule has 5 nitrogen and oxygen atoms in total. The first kappa shape index (κ1) is 17.3. The van der Waals surface area contributed by atoms with Crippen LogP contribution in [-0.2, 0) is 10.5 Å². The quantitative estimate of drug-likeness (QED) is 0.618. The van der Waals surface area contributed by atoms with Gasteiger partial charge in [0.15, 0.2) is 0 Å². The molecule has 0 saturated carbocycles. The zero-order valence-corrected chi connectivity index (χ0v) is 14.0. The van der Waals surface area contributed by atoms with Crippen LogP contribution in [0.3, 0.4) is 0 Å². The molecule has 0 unspecified atom stereocenters. The second-order valence-electron chi connectivity index (χ2n) is 4.93. The van der Waals surface area contributed by atoms with E-state index in [1.165, 1.54) is 17.8 Å². The van der Waals surface area contributed by atoms with Gasteiger partial charge in [-0.15, -0.1) is 11.8 Å². The highest BCUT2D eigenvalue weighted by Crippen LogP contribution is 2.22. The molecule has 0 saturated heterocycles. The van der Waals surface area contributed by atoms with Crippen molar-refractivity contribution in [2.45, 2.75) is 12.7 Å². The van der Waals surface area contributed by atoms with Crippen LogP contribution in [0.2, 0.25) is 5.02 Å². The highest BCUT2D eigenvalue weighted by molar-refractivity contribution is 7.99. The largest absolute Gasteiger partial charge is 0.325 e. The summed E-state index contributed by atoms with van der Waals surface area (Å²) in [6.07, 6.45) is 0. The average molecular weight is 351 g/mol. The van der Waals surface area contributed by atoms with Crippen LogP contribution in [0.15, 0.2) is 42.5 Å². The topological polar surface area (TPSA) is 72.2 Å². The van der Waals surface area contributed by atoms with Gasteiger partial charge in [-0.1, -0.05) is 29.8 Å². The van der Waals surface area contributed by atoms with E-state index in [4.69, 9.17) is 11.6 Å². The van der Waals surface area contributed by atoms with E-state index >= 15 is 0 Å². The maximum absolute atomic E-state index is 11.9. The van der Waals surface area contributed by atoms with E-state index in [0.29, 0.717) is 22.0 Å². The monoisotopic (exact) mass is 350 g/mol. The predicted molar refractivity (Wildman–Crippen MR) is 94.1 cm³/mol. The Hall–Kier alpha value is -2.05. The van der Waals surface area contributed by atoms with Crippen molar-refractivity contribution in [1.82, 2.24) is 0 Å². The number of halogens is 1. The van der Waals surface area contributed by atoms with E-state index in [1.807, 2.05) is 18.2 Å². The molecule has 2 aromatic carbocycles. The van der Waals surface area contributed by atoms with Gasteiger partial charge in [-0.05, 0) is 30.7 Å². The Morgan fingerprint density at radius 1 is 1.30 bits per heavy atom. The lowest BCUT2D eigenvalue weighted by Crippen LogP contribution is -2.14. The van der Waals surface area contributed by atoms with E-state index in [9.17, 15) is 14.9 Å². The molecule has 0 aliphatic heterocycles. The molecule has 7 heteroatoms. The second kappa shape index (κ2) is 7.99. The number of nitro groups is 1. The van der Waals surface area contributed by atoms with Crippen molar-refractivity contribution < 1.29 is 9.72 Å². The number of amides is 1. The minimum atomic E-state index is -0.459. The summed E-state index contributed by atoms with van der Waals surface area (Å²) >= 11 is 7.35. The van der Waals surface area contributed by atoms with Crippen LogP contribution < -0.4 is 5.32 Å². The molecular formula is C16H15ClN2O3S. The molecule has 0 fully saturated rings. The molecule has 0 heterocycles. The minimum Gasteiger partial charge on any atom is -0.325 e. The summed E-state index contributed by atoms with van der Waals surface area (Å²) in [4.78, 5) is 22.3. The third kappa shape index (κ3) is 5.26. The number of hydrogen-bond acceptors (Lipinski definition) is 4. The standard InChI is InChI=1S/C16H15ClN2O3S/c1-11-5-6-14(8-15(11)19(21)22)18-16(20)10-23-9-12-3-2-4-13(17)7-12/h2-8H,9-10H2,1H3,(H,18,20). The van der Waals surface area contributed by atoms with E-state index < -0.39 is 4.92 Å². The van der Waals surface area contributed by atoms with Crippen molar-refractivity contribution in [2.24, 2.45) is 0 Å². The third-order valence-electron chi connectivity index (χ3n) is 3.08. The fraction of sp³-hybridized carbons (Fsp3) is 0.188. The fourth-order valence-corrected chi connectivity index (χ4v) is 2.96. The number of carbonyl (C=O) groups is 1. The van der Waals surface area contributed by atoms with E-state index in [0.717, 1.165) is 5.56 Å². The van der Waals surface area contributed by atoms with Crippen LogP contribution in [0.1, 0.15) is 11.1 Å². The maximum atomic E-state index is 11.9. The van der Waals surface area contributed by atoms with Crippen molar-refractivity contribution >= 4 is 40.6 Å². The van der Waals surface area contributed by atoms with Crippen LogP contribution in [0, 0.1) is 17.0 Å². The number of nitro benzene ring substituents is 1. The number of aryl methyl sites for hydroxylation is 1. The molecule has 0 bridgehead atoms. The Bertz CT molecular complexity index is 737. The van der Waals surface area contributed by atoms with Crippen LogP contribution >= 0.6 is 23.4 Å². The second-order valence-corrected chi connectivity index (χ2v) is 6.35. The van der Waals surface area contributed by atoms with E-state index in [1.54, 1.807) is 25.1 Å². The highest BCUT2D eigenvalue weighted by Gasteiger charge is 2.12. The average Bonchev–Trinajstić information content (AvgIpc) is 2.49. The van der Waals surface area contributed by atoms with Crippen molar-refractivity contribution in [3.63, 3.8) is 0 Å². The summed E-state index contributed by atoms with van der Waals surface area (Å²) in [7, 11) is 0. The van der Waals surface area contributed by atoms with E-state index in [2.05, 4.69) is 5.32 Å². The molecule has 0 radical (unpaired) electrons. The molecule has 23 heavy (non-hydrogen) atoms. The van der Waals surface area contributed by atoms with Gasteiger partial charge in [0.1, 0.15) is 0 Å². The predicted octanol–water partition coefficient (Wildman–Crippen LogP) is 4.43. The Labute approximate surface area is 143 Å². The van der Waals surface area contributed by atoms with Gasteiger partial charge in [0.25, 0.3) is 5.69 Å². The van der Waals surface area contributed by atoms with Gasteiger partial charge in [-0.3, -0.25) is 14.9 Å². The van der Waals surface area contributed by atoms with Crippen molar-refractivity contribution in [3.8, 4) is 0 Å². The molecule has 0 aliphatic carbocycles. The lowest BCUT2D eigenvalue weighted by Gasteiger charge is -2.06. The van der Waals surface area contributed by atoms with Gasteiger partial charge in [-0.25, -0.2) is 0 Å². The van der Waals surface area contributed by atoms with Crippen LogP contribution in [0.4, 0.5) is 11.4 Å².